The number of nitrogens with one attached hydrogen (secondary N) is 1. The maximum absolute atomic E-state index is 13.8. The van der Waals surface area contributed by atoms with Gasteiger partial charge in [-0.3, -0.25) is 0 Å². The molecule has 1 aliphatic rings. The van der Waals surface area contributed by atoms with Crippen LogP contribution in [-0.4, -0.2) is 37.0 Å². The van der Waals surface area contributed by atoms with E-state index in [9.17, 15) is 4.39 Å². The molecule has 2 N–H and O–H groups in total. The summed E-state index contributed by atoms with van der Waals surface area (Å²) in [6, 6.07) is 4.77. The van der Waals surface area contributed by atoms with Crippen molar-refractivity contribution in [3.8, 4) is 0 Å². The lowest BCUT2D eigenvalue weighted by Crippen LogP contribution is -2.41. The molecule has 4 nitrogen and oxygen atoms in total. The van der Waals surface area contributed by atoms with Crippen LogP contribution in [-0.2, 0) is 15.9 Å². The highest BCUT2D eigenvalue weighted by Gasteiger charge is 2.52. The highest BCUT2D eigenvalue weighted by Crippen LogP contribution is 2.38. The Morgan fingerprint density at radius 3 is 2.35 bits per heavy atom. The van der Waals surface area contributed by atoms with E-state index in [1.54, 1.807) is 12.1 Å². The number of hydrogen-bond donors (Lipinski definition) is 2. The van der Waals surface area contributed by atoms with Crippen molar-refractivity contribution in [1.29, 1.82) is 0 Å². The normalized spacial score (nSPS) is 20.1. The van der Waals surface area contributed by atoms with Crippen LogP contribution in [0.25, 0.3) is 6.08 Å². The molecular formula is C17H25BFNO3. The molecule has 0 aliphatic carbocycles. The Bertz CT molecular complexity index is 586. The summed E-state index contributed by atoms with van der Waals surface area (Å²) in [5.41, 5.74) is 1.04. The number of benzene rings is 1. The SMILES string of the molecule is CNCC(=Cc1ccc(CO)c(F)c1)B1OC(C)(C)C(C)(C)O1. The zero-order valence-electron chi connectivity index (χ0n) is 14.4. The Hall–Kier alpha value is -1.21. The highest BCUT2D eigenvalue weighted by molar-refractivity contribution is 6.55. The Labute approximate surface area is 137 Å². The third-order valence-electron chi connectivity index (χ3n) is 4.54. The summed E-state index contributed by atoms with van der Waals surface area (Å²) in [6.45, 7) is 8.26. The van der Waals surface area contributed by atoms with Gasteiger partial charge in [0.2, 0.25) is 0 Å². The smallest absolute Gasteiger partial charge is 0.400 e. The van der Waals surface area contributed by atoms with Gasteiger partial charge in [-0.2, -0.15) is 0 Å². The van der Waals surface area contributed by atoms with Crippen molar-refractivity contribution in [1.82, 2.24) is 5.32 Å². The van der Waals surface area contributed by atoms with Crippen molar-refractivity contribution in [2.75, 3.05) is 13.6 Å². The fourth-order valence-corrected chi connectivity index (χ4v) is 2.40. The average Bonchev–Trinajstić information content (AvgIpc) is 2.67. The van der Waals surface area contributed by atoms with Crippen LogP contribution in [0.15, 0.2) is 23.7 Å². The van der Waals surface area contributed by atoms with E-state index in [2.05, 4.69) is 5.32 Å². The first-order valence-electron chi connectivity index (χ1n) is 7.80. The summed E-state index contributed by atoms with van der Waals surface area (Å²) < 4.78 is 26.0. The Balaban J connectivity index is 2.30. The molecule has 0 spiro atoms. The molecular weight excluding hydrogens is 296 g/mol. The van der Waals surface area contributed by atoms with Crippen LogP contribution in [0.2, 0.25) is 0 Å². The first-order valence-corrected chi connectivity index (χ1v) is 7.80. The monoisotopic (exact) mass is 321 g/mol. The third-order valence-corrected chi connectivity index (χ3v) is 4.54. The van der Waals surface area contributed by atoms with E-state index in [1.165, 1.54) is 6.07 Å². The second-order valence-corrected chi connectivity index (χ2v) is 6.85. The predicted molar refractivity (Wildman–Crippen MR) is 90.3 cm³/mol. The van der Waals surface area contributed by atoms with Crippen LogP contribution in [0.1, 0.15) is 38.8 Å². The Morgan fingerprint density at radius 1 is 1.26 bits per heavy atom. The quantitative estimate of drug-likeness (QED) is 0.819. The molecule has 0 saturated carbocycles. The minimum absolute atomic E-state index is 0.285. The lowest BCUT2D eigenvalue weighted by Gasteiger charge is -2.32. The number of halogens is 1. The predicted octanol–water partition coefficient (Wildman–Crippen LogP) is 2.55. The Kier molecular flexibility index (Phi) is 5.31. The number of aliphatic hydroxyl groups excluding tert-OH is 1. The number of hydrogen-bond acceptors (Lipinski definition) is 4. The lowest BCUT2D eigenvalue weighted by atomic mass is 9.77. The van der Waals surface area contributed by atoms with Gasteiger partial charge in [0.25, 0.3) is 0 Å². The molecule has 1 aliphatic heterocycles. The van der Waals surface area contributed by atoms with Gasteiger partial charge in [-0.05, 0) is 51.8 Å². The minimum atomic E-state index is -0.479. The fraction of sp³-hybridized carbons (Fsp3) is 0.529. The number of aliphatic hydroxyl groups is 1. The van der Waals surface area contributed by atoms with E-state index >= 15 is 0 Å². The summed E-state index contributed by atoms with van der Waals surface area (Å²) in [5.74, 6) is -0.418. The third kappa shape index (κ3) is 3.83. The van der Waals surface area contributed by atoms with Crippen LogP contribution >= 0.6 is 0 Å². The molecule has 1 saturated heterocycles. The van der Waals surface area contributed by atoms with Crippen molar-refractivity contribution in [2.45, 2.75) is 45.5 Å². The minimum Gasteiger partial charge on any atom is -0.400 e. The summed E-state index contributed by atoms with van der Waals surface area (Å²) in [4.78, 5) is 0. The molecule has 0 aromatic heterocycles. The van der Waals surface area contributed by atoms with Crippen molar-refractivity contribution in [2.24, 2.45) is 0 Å². The molecule has 6 heteroatoms. The van der Waals surface area contributed by atoms with Gasteiger partial charge < -0.3 is 19.7 Å². The summed E-state index contributed by atoms with van der Waals surface area (Å²) in [5, 5.41) is 12.2. The zero-order valence-corrected chi connectivity index (χ0v) is 14.4. The number of likely N-dealkylation sites (N-methyl/N-ethyl adjacent to an activating group) is 1. The largest absolute Gasteiger partial charge is 0.491 e. The first-order chi connectivity index (χ1) is 10.7. The van der Waals surface area contributed by atoms with Crippen molar-refractivity contribution in [3.05, 3.63) is 40.6 Å². The average molecular weight is 321 g/mol. The molecule has 2 rings (SSSR count). The van der Waals surface area contributed by atoms with Gasteiger partial charge in [-0.1, -0.05) is 18.2 Å². The van der Waals surface area contributed by atoms with Gasteiger partial charge in [-0.25, -0.2) is 4.39 Å². The van der Waals surface area contributed by atoms with Gasteiger partial charge >= 0.3 is 7.12 Å². The second kappa shape index (κ2) is 6.73. The molecule has 0 radical (unpaired) electrons. The maximum atomic E-state index is 13.8. The second-order valence-electron chi connectivity index (χ2n) is 6.85. The van der Waals surface area contributed by atoms with Gasteiger partial charge in [-0.15, -0.1) is 0 Å². The molecule has 1 aromatic rings. The molecule has 1 aromatic carbocycles. The van der Waals surface area contributed by atoms with Gasteiger partial charge in [0, 0.05) is 12.1 Å². The fourth-order valence-electron chi connectivity index (χ4n) is 2.40. The standard InChI is InChI=1S/C17H25BFNO3/c1-16(2)17(3,4)23-18(22-16)14(10-20-5)8-12-6-7-13(11-21)15(19)9-12/h6-9,20-21H,10-11H2,1-5H3. The van der Waals surface area contributed by atoms with Crippen molar-refractivity contribution >= 4 is 13.2 Å². The van der Waals surface area contributed by atoms with E-state index in [0.29, 0.717) is 12.1 Å². The Morgan fingerprint density at radius 2 is 1.87 bits per heavy atom. The molecule has 23 heavy (non-hydrogen) atoms. The van der Waals surface area contributed by atoms with E-state index < -0.39 is 24.1 Å². The molecule has 126 valence electrons. The van der Waals surface area contributed by atoms with Crippen molar-refractivity contribution < 1.29 is 18.8 Å². The lowest BCUT2D eigenvalue weighted by molar-refractivity contribution is 0.00578. The molecule has 1 fully saturated rings. The van der Waals surface area contributed by atoms with Crippen LogP contribution in [0.4, 0.5) is 4.39 Å². The summed E-state index contributed by atoms with van der Waals surface area (Å²) >= 11 is 0. The zero-order chi connectivity index (χ0) is 17.3. The first kappa shape index (κ1) is 18.1. The van der Waals surface area contributed by atoms with Crippen molar-refractivity contribution in [3.63, 3.8) is 0 Å². The summed E-state index contributed by atoms with van der Waals surface area (Å²) in [6.07, 6.45) is 1.86. The highest BCUT2D eigenvalue weighted by atomic mass is 19.1. The van der Waals surface area contributed by atoms with Gasteiger partial charge in [0.1, 0.15) is 5.82 Å². The topological polar surface area (TPSA) is 50.7 Å². The van der Waals surface area contributed by atoms with Gasteiger partial charge in [0.05, 0.1) is 17.8 Å². The van der Waals surface area contributed by atoms with E-state index in [4.69, 9.17) is 14.4 Å². The van der Waals surface area contributed by atoms with Crippen LogP contribution in [0.3, 0.4) is 0 Å². The van der Waals surface area contributed by atoms with Crippen LogP contribution in [0.5, 0.6) is 0 Å². The molecule has 1 heterocycles. The van der Waals surface area contributed by atoms with Gasteiger partial charge in [0.15, 0.2) is 0 Å². The molecule has 0 amide bonds. The molecule has 0 atom stereocenters. The van der Waals surface area contributed by atoms with E-state index in [-0.39, 0.29) is 12.2 Å². The number of rotatable bonds is 5. The van der Waals surface area contributed by atoms with Crippen LogP contribution in [0, 0.1) is 5.82 Å². The molecule has 0 bridgehead atoms. The van der Waals surface area contributed by atoms with E-state index in [0.717, 1.165) is 5.47 Å². The van der Waals surface area contributed by atoms with E-state index in [1.807, 2.05) is 40.8 Å². The van der Waals surface area contributed by atoms with Crippen LogP contribution < -0.4 is 5.32 Å². The maximum Gasteiger partial charge on any atom is 0.491 e. The summed E-state index contributed by atoms with van der Waals surface area (Å²) in [7, 11) is 1.36. The molecule has 0 unspecified atom stereocenters.